The summed E-state index contributed by atoms with van der Waals surface area (Å²) in [5.41, 5.74) is 10.0. The predicted octanol–water partition coefficient (Wildman–Crippen LogP) is -1.56. The van der Waals surface area contributed by atoms with Crippen LogP contribution in [0.2, 0.25) is 0 Å². The van der Waals surface area contributed by atoms with E-state index in [9.17, 15) is 4.79 Å². The molecule has 8 nitrogen and oxygen atoms in total. The molecule has 0 aromatic carbocycles. The quantitative estimate of drug-likeness (QED) is 0.322. The molecule has 0 aromatic heterocycles. The highest BCUT2D eigenvalue weighted by Gasteiger charge is 2.16. The van der Waals surface area contributed by atoms with Crippen molar-refractivity contribution >= 4 is 12.0 Å². The molecule has 1 unspecified atom stereocenters. The van der Waals surface area contributed by atoms with Crippen LogP contribution in [0.15, 0.2) is 0 Å². The Hall–Kier alpha value is -1.85. The van der Waals surface area contributed by atoms with Crippen molar-refractivity contribution in [1.82, 2.24) is 5.48 Å². The lowest BCUT2D eigenvalue weighted by Crippen LogP contribution is -2.34. The van der Waals surface area contributed by atoms with Gasteiger partial charge in [-0.2, -0.15) is 10.7 Å². The van der Waals surface area contributed by atoms with Crippen LogP contribution in [-0.2, 0) is 9.53 Å². The molecule has 0 aliphatic heterocycles. The Balaban J connectivity index is 0. The molecule has 0 heterocycles. The van der Waals surface area contributed by atoms with E-state index in [0.717, 1.165) is 0 Å². The molecule has 0 saturated carbocycles. The Kier molecular flexibility index (Phi) is 9.68. The highest BCUT2D eigenvalue weighted by Crippen LogP contribution is 1.84. The molecule has 0 fully saturated rings. The minimum Gasteiger partial charge on any atom is -0.464 e. The summed E-state index contributed by atoms with van der Waals surface area (Å²) in [5, 5.41) is 16.3. The van der Waals surface area contributed by atoms with Crippen molar-refractivity contribution in [2.24, 2.45) is 11.5 Å². The number of carbonyl (C=O) groups excluding carboxylic acids is 2. The van der Waals surface area contributed by atoms with Crippen LogP contribution in [0.1, 0.15) is 6.92 Å². The molecule has 14 heavy (non-hydrogen) atoms. The number of hydrogen-bond donors (Lipinski definition) is 4. The van der Waals surface area contributed by atoms with E-state index in [0.29, 0.717) is 0 Å². The molecule has 0 bridgehead atoms. The Morgan fingerprint density at radius 1 is 1.64 bits per heavy atom. The molecule has 6 N–H and O–H groups in total. The molecule has 1 atom stereocenters. The highest BCUT2D eigenvalue weighted by atomic mass is 16.5. The second kappa shape index (κ2) is 9.24. The number of hydroxylamine groups is 1. The van der Waals surface area contributed by atoms with Gasteiger partial charge in [-0.15, -0.1) is 0 Å². The molecule has 0 aliphatic rings. The molecule has 0 saturated heterocycles. The van der Waals surface area contributed by atoms with Gasteiger partial charge in [0.2, 0.25) is 6.04 Å². The largest absolute Gasteiger partial charge is 0.464 e. The number of nitrogens with two attached hydrogens (primary N) is 2. The number of nitrogens with one attached hydrogen (secondary N) is 1. The van der Waals surface area contributed by atoms with Crippen LogP contribution >= 0.6 is 0 Å². The summed E-state index contributed by atoms with van der Waals surface area (Å²) < 4.78 is 4.40. The zero-order valence-corrected chi connectivity index (χ0v) is 7.56. The minimum atomic E-state index is -1.28. The molecule has 0 aliphatic carbocycles. The first-order valence-electron chi connectivity index (χ1n) is 3.50. The normalized spacial score (nSPS) is 10.1. The summed E-state index contributed by atoms with van der Waals surface area (Å²) in [5.74, 6) is -0.771. The van der Waals surface area contributed by atoms with Crippen molar-refractivity contribution in [3.05, 3.63) is 0 Å². The monoisotopic (exact) mass is 204 g/mol. The summed E-state index contributed by atoms with van der Waals surface area (Å²) in [6.45, 7) is 1.81. The third kappa shape index (κ3) is 10.2. The molecule has 2 amide bonds. The van der Waals surface area contributed by atoms with Crippen molar-refractivity contribution < 1.29 is 19.5 Å². The Bertz CT molecular complexity index is 220. The molecule has 80 valence electrons. The fraction of sp³-hybridized carbons (Fsp3) is 0.500. The van der Waals surface area contributed by atoms with E-state index in [1.165, 1.54) is 11.5 Å². The zero-order chi connectivity index (χ0) is 11.6. The van der Waals surface area contributed by atoms with Crippen LogP contribution in [0, 0.1) is 11.3 Å². The number of nitrogens with zero attached hydrogens (tertiary/aromatic N) is 1. The summed E-state index contributed by atoms with van der Waals surface area (Å²) >= 11 is 0. The van der Waals surface area contributed by atoms with E-state index in [4.69, 9.17) is 15.3 Å². The van der Waals surface area contributed by atoms with Crippen LogP contribution in [-0.4, -0.2) is 29.9 Å². The third-order valence-electron chi connectivity index (χ3n) is 0.780. The number of amides is 2. The lowest BCUT2D eigenvalue weighted by molar-refractivity contribution is -0.146. The maximum absolute atomic E-state index is 10.5. The second-order valence-electron chi connectivity index (χ2n) is 1.85. The minimum absolute atomic E-state index is 0.193. The van der Waals surface area contributed by atoms with Gasteiger partial charge < -0.3 is 21.4 Å². The van der Waals surface area contributed by atoms with E-state index in [-0.39, 0.29) is 6.61 Å². The Labute approximate surface area is 80.4 Å². The number of carbonyl (C=O) groups is 2. The number of esters is 1. The van der Waals surface area contributed by atoms with Crippen LogP contribution < -0.4 is 16.9 Å². The number of hydrogen-bond acceptors (Lipinski definition) is 6. The Morgan fingerprint density at radius 3 is 2.29 bits per heavy atom. The number of nitriles is 1. The van der Waals surface area contributed by atoms with Crippen molar-refractivity contribution in [3.63, 3.8) is 0 Å². The van der Waals surface area contributed by atoms with Crippen LogP contribution in [0.5, 0.6) is 0 Å². The van der Waals surface area contributed by atoms with E-state index in [2.05, 4.69) is 16.2 Å². The fourth-order valence-corrected chi connectivity index (χ4v) is 0.360. The lowest BCUT2D eigenvalue weighted by atomic mass is 10.4. The van der Waals surface area contributed by atoms with Crippen molar-refractivity contribution in [3.8, 4) is 6.07 Å². The standard InChI is InChI=1S/C5H8N2O3.CH4N2O/c1-2-10-5(8)4(3-6)7-9;2-1(3)4/h4,7,9H,2H2,1H3;(H4,2,3,4). The molecular weight excluding hydrogens is 192 g/mol. The molecule has 0 spiro atoms. The van der Waals surface area contributed by atoms with Crippen molar-refractivity contribution in [2.75, 3.05) is 6.61 Å². The van der Waals surface area contributed by atoms with Gasteiger partial charge in [-0.1, -0.05) is 0 Å². The molecule has 0 aromatic rings. The maximum Gasteiger partial charge on any atom is 0.340 e. The van der Waals surface area contributed by atoms with Gasteiger partial charge in [0.15, 0.2) is 0 Å². The van der Waals surface area contributed by atoms with Gasteiger partial charge >= 0.3 is 12.0 Å². The smallest absolute Gasteiger partial charge is 0.340 e. The second-order valence-corrected chi connectivity index (χ2v) is 1.85. The maximum atomic E-state index is 10.5. The van der Waals surface area contributed by atoms with E-state index < -0.39 is 18.0 Å². The number of primary amides is 2. The number of urea groups is 1. The van der Waals surface area contributed by atoms with Gasteiger partial charge in [-0.05, 0) is 6.92 Å². The predicted molar refractivity (Wildman–Crippen MR) is 44.7 cm³/mol. The van der Waals surface area contributed by atoms with Crippen molar-refractivity contribution in [2.45, 2.75) is 13.0 Å². The summed E-state index contributed by atoms with van der Waals surface area (Å²) in [7, 11) is 0. The number of rotatable bonds is 3. The average Bonchev–Trinajstić information content (AvgIpc) is 2.06. The van der Waals surface area contributed by atoms with Gasteiger partial charge in [0.1, 0.15) is 0 Å². The summed E-state index contributed by atoms with van der Waals surface area (Å²) in [6.07, 6.45) is 0. The molecule has 8 heteroatoms. The van der Waals surface area contributed by atoms with Crippen LogP contribution in [0.4, 0.5) is 4.79 Å². The van der Waals surface area contributed by atoms with Gasteiger partial charge in [-0.25, -0.2) is 9.59 Å². The summed E-state index contributed by atoms with van der Waals surface area (Å²) in [6, 6.07) is -0.611. The van der Waals surface area contributed by atoms with E-state index >= 15 is 0 Å². The zero-order valence-electron chi connectivity index (χ0n) is 7.56. The van der Waals surface area contributed by atoms with E-state index in [1.54, 1.807) is 6.92 Å². The third-order valence-corrected chi connectivity index (χ3v) is 0.780. The first-order chi connectivity index (χ1) is 6.49. The SMILES string of the molecule is CCOC(=O)C(C#N)NO.NC(N)=O. The molecule has 0 radical (unpaired) electrons. The fourth-order valence-electron chi connectivity index (χ4n) is 0.360. The van der Waals surface area contributed by atoms with Gasteiger partial charge in [0.05, 0.1) is 12.7 Å². The van der Waals surface area contributed by atoms with Crippen LogP contribution in [0.25, 0.3) is 0 Å². The number of ether oxygens (including phenoxy) is 1. The van der Waals surface area contributed by atoms with Crippen molar-refractivity contribution in [1.29, 1.82) is 5.26 Å². The first kappa shape index (κ1) is 14.7. The first-order valence-corrected chi connectivity index (χ1v) is 3.50. The highest BCUT2D eigenvalue weighted by molar-refractivity contribution is 5.78. The van der Waals surface area contributed by atoms with Gasteiger partial charge in [-0.3, -0.25) is 0 Å². The van der Waals surface area contributed by atoms with Crippen LogP contribution in [0.3, 0.4) is 0 Å². The Morgan fingerprint density at radius 2 is 2.07 bits per heavy atom. The molecule has 0 rings (SSSR count). The summed E-state index contributed by atoms with van der Waals surface area (Å²) in [4.78, 5) is 19.5. The lowest BCUT2D eigenvalue weighted by Gasteiger charge is -2.03. The average molecular weight is 204 g/mol. The van der Waals surface area contributed by atoms with Gasteiger partial charge in [0, 0.05) is 0 Å². The van der Waals surface area contributed by atoms with Gasteiger partial charge in [0.25, 0.3) is 0 Å². The topological polar surface area (TPSA) is 151 Å². The molecular formula is C6H12N4O4. The van der Waals surface area contributed by atoms with E-state index in [1.807, 2.05) is 0 Å².